The molecule has 0 spiro atoms. The van der Waals surface area contributed by atoms with Crippen molar-refractivity contribution in [2.45, 2.75) is 0 Å². The van der Waals surface area contributed by atoms with Crippen LogP contribution in [0.3, 0.4) is 0 Å². The van der Waals surface area contributed by atoms with Crippen molar-refractivity contribution in [2.24, 2.45) is 0 Å². The molecule has 0 amide bonds. The van der Waals surface area contributed by atoms with Gasteiger partial charge in [0.2, 0.25) is 0 Å². The van der Waals surface area contributed by atoms with Crippen LogP contribution in [-0.2, 0) is 0 Å². The summed E-state index contributed by atoms with van der Waals surface area (Å²) >= 11 is 1.48. The van der Waals surface area contributed by atoms with Crippen molar-refractivity contribution in [3.05, 3.63) is 35.6 Å². The van der Waals surface area contributed by atoms with Gasteiger partial charge in [-0.1, -0.05) is 0 Å². The Morgan fingerprint density at radius 1 is 1.38 bits per heavy atom. The summed E-state index contributed by atoms with van der Waals surface area (Å²) in [6.45, 7) is 0. The Morgan fingerprint density at radius 2 is 2.23 bits per heavy atom. The van der Waals surface area contributed by atoms with Gasteiger partial charge in [-0.05, 0) is 18.2 Å². The second-order valence-electron chi connectivity index (χ2n) is 2.57. The Hall–Kier alpha value is -1.42. The van der Waals surface area contributed by atoms with Gasteiger partial charge in [-0.3, -0.25) is 0 Å². The Morgan fingerprint density at radius 3 is 2.85 bits per heavy atom. The lowest BCUT2D eigenvalue weighted by Crippen LogP contribution is -1.90. The summed E-state index contributed by atoms with van der Waals surface area (Å²) in [5.74, 6) is -0.321. The Kier molecular flexibility index (Phi) is 1.98. The topological polar surface area (TPSA) is 38.9 Å². The fourth-order valence-electron chi connectivity index (χ4n) is 1.08. The summed E-state index contributed by atoms with van der Waals surface area (Å²) in [5.41, 5.74) is 6.85. The van der Waals surface area contributed by atoms with Crippen molar-refractivity contribution in [1.29, 1.82) is 0 Å². The second-order valence-corrected chi connectivity index (χ2v) is 3.46. The molecule has 0 saturated heterocycles. The Balaban J connectivity index is 2.53. The second kappa shape index (κ2) is 3.14. The lowest BCUT2D eigenvalue weighted by atomic mass is 10.2. The van der Waals surface area contributed by atoms with E-state index in [2.05, 4.69) is 4.98 Å². The minimum Gasteiger partial charge on any atom is -0.398 e. The van der Waals surface area contributed by atoms with Gasteiger partial charge in [0.05, 0.1) is 0 Å². The maximum atomic E-state index is 12.7. The average molecular weight is 194 g/mol. The molecule has 1 aromatic carbocycles. The first-order valence-corrected chi connectivity index (χ1v) is 4.60. The van der Waals surface area contributed by atoms with Crippen LogP contribution in [-0.4, -0.2) is 4.98 Å². The summed E-state index contributed by atoms with van der Waals surface area (Å²) in [5, 5.41) is 2.68. The van der Waals surface area contributed by atoms with E-state index in [1.807, 2.05) is 5.38 Å². The first-order chi connectivity index (χ1) is 6.27. The smallest absolute Gasteiger partial charge is 0.125 e. The van der Waals surface area contributed by atoms with Gasteiger partial charge in [0.15, 0.2) is 0 Å². The largest absolute Gasteiger partial charge is 0.398 e. The maximum absolute atomic E-state index is 12.7. The molecule has 0 aliphatic rings. The zero-order valence-electron chi connectivity index (χ0n) is 6.70. The van der Waals surface area contributed by atoms with Crippen LogP contribution in [0.4, 0.5) is 10.1 Å². The number of halogens is 1. The molecule has 2 nitrogen and oxygen atoms in total. The van der Waals surface area contributed by atoms with Gasteiger partial charge in [0.25, 0.3) is 0 Å². The van der Waals surface area contributed by atoms with Gasteiger partial charge >= 0.3 is 0 Å². The molecule has 0 unspecified atom stereocenters. The minimum absolute atomic E-state index is 0.321. The molecule has 0 bridgehead atoms. The van der Waals surface area contributed by atoms with Gasteiger partial charge in [-0.2, -0.15) is 0 Å². The average Bonchev–Trinajstić information content (AvgIpc) is 2.56. The summed E-state index contributed by atoms with van der Waals surface area (Å²) in [6, 6.07) is 4.33. The number of anilines is 1. The van der Waals surface area contributed by atoms with Crippen molar-refractivity contribution in [3.8, 4) is 10.6 Å². The molecule has 4 heteroatoms. The summed E-state index contributed by atoms with van der Waals surface area (Å²) in [4.78, 5) is 4.09. The standard InChI is InChI=1S/C9H7FN2S/c10-6-1-2-7(8(11)5-6)9-12-3-4-13-9/h1-5H,11H2. The zero-order valence-corrected chi connectivity index (χ0v) is 7.51. The van der Waals surface area contributed by atoms with E-state index in [9.17, 15) is 4.39 Å². The number of rotatable bonds is 1. The molecule has 0 fully saturated rings. The first kappa shape index (κ1) is 8.19. The van der Waals surface area contributed by atoms with Crippen molar-refractivity contribution in [2.75, 3.05) is 5.73 Å². The van der Waals surface area contributed by atoms with Crippen molar-refractivity contribution in [1.82, 2.24) is 4.98 Å². The highest BCUT2D eigenvalue weighted by atomic mass is 32.1. The number of nitrogens with two attached hydrogens (primary N) is 1. The molecule has 0 atom stereocenters. The fraction of sp³-hybridized carbons (Fsp3) is 0. The molecule has 2 N–H and O–H groups in total. The van der Waals surface area contributed by atoms with E-state index >= 15 is 0 Å². The third kappa shape index (κ3) is 1.53. The molecule has 2 rings (SSSR count). The normalized spacial score (nSPS) is 10.2. The highest BCUT2D eigenvalue weighted by Crippen LogP contribution is 2.27. The number of nitrogens with zero attached hydrogens (tertiary/aromatic N) is 1. The molecule has 0 saturated carbocycles. The summed E-state index contributed by atoms with van der Waals surface area (Å²) < 4.78 is 12.7. The molecule has 13 heavy (non-hydrogen) atoms. The third-order valence-corrected chi connectivity index (χ3v) is 2.48. The van der Waals surface area contributed by atoms with Gasteiger partial charge in [-0.25, -0.2) is 9.37 Å². The lowest BCUT2D eigenvalue weighted by Gasteiger charge is -2.00. The van der Waals surface area contributed by atoms with Crippen LogP contribution in [0, 0.1) is 5.82 Å². The van der Waals surface area contributed by atoms with Gasteiger partial charge < -0.3 is 5.73 Å². The molecule has 0 aliphatic carbocycles. The van der Waals surface area contributed by atoms with E-state index in [0.717, 1.165) is 10.6 Å². The van der Waals surface area contributed by atoms with Gasteiger partial charge in [-0.15, -0.1) is 11.3 Å². The molecule has 2 aromatic rings. The van der Waals surface area contributed by atoms with Crippen molar-refractivity contribution >= 4 is 17.0 Å². The predicted molar refractivity (Wildman–Crippen MR) is 51.9 cm³/mol. The highest BCUT2D eigenvalue weighted by molar-refractivity contribution is 7.13. The van der Waals surface area contributed by atoms with Crippen LogP contribution in [0.2, 0.25) is 0 Å². The molecule has 0 aliphatic heterocycles. The quantitative estimate of drug-likeness (QED) is 0.708. The number of nitrogen functional groups attached to an aromatic ring is 1. The van der Waals surface area contributed by atoms with Crippen LogP contribution in [0.5, 0.6) is 0 Å². The van der Waals surface area contributed by atoms with Crippen LogP contribution in [0.1, 0.15) is 0 Å². The SMILES string of the molecule is Nc1cc(F)ccc1-c1nccs1. The number of hydrogen-bond donors (Lipinski definition) is 1. The maximum Gasteiger partial charge on any atom is 0.125 e. The number of aromatic nitrogens is 1. The van der Waals surface area contributed by atoms with E-state index in [4.69, 9.17) is 5.73 Å². The minimum atomic E-state index is -0.321. The van der Waals surface area contributed by atoms with E-state index in [1.54, 1.807) is 12.3 Å². The first-order valence-electron chi connectivity index (χ1n) is 3.72. The third-order valence-electron chi connectivity index (χ3n) is 1.68. The van der Waals surface area contributed by atoms with Crippen molar-refractivity contribution in [3.63, 3.8) is 0 Å². The Bertz CT molecular complexity index is 412. The summed E-state index contributed by atoms with van der Waals surface area (Å²) in [7, 11) is 0. The molecule has 1 aromatic heterocycles. The van der Waals surface area contributed by atoms with Crippen molar-refractivity contribution < 1.29 is 4.39 Å². The molecule has 66 valence electrons. The van der Waals surface area contributed by atoms with Crippen LogP contribution >= 0.6 is 11.3 Å². The molecule has 0 radical (unpaired) electrons. The van der Waals surface area contributed by atoms with Gasteiger partial charge in [0, 0.05) is 22.8 Å². The van der Waals surface area contributed by atoms with Crippen LogP contribution < -0.4 is 5.73 Å². The highest BCUT2D eigenvalue weighted by Gasteiger charge is 2.05. The lowest BCUT2D eigenvalue weighted by molar-refractivity contribution is 0.628. The zero-order chi connectivity index (χ0) is 9.26. The van der Waals surface area contributed by atoms with E-state index in [1.165, 1.54) is 23.5 Å². The summed E-state index contributed by atoms with van der Waals surface area (Å²) in [6.07, 6.45) is 1.70. The molecule has 1 heterocycles. The monoisotopic (exact) mass is 194 g/mol. The number of benzene rings is 1. The van der Waals surface area contributed by atoms with Crippen LogP contribution in [0.15, 0.2) is 29.8 Å². The Labute approximate surface area is 78.9 Å². The van der Waals surface area contributed by atoms with E-state index < -0.39 is 0 Å². The number of hydrogen-bond acceptors (Lipinski definition) is 3. The fourth-order valence-corrected chi connectivity index (χ4v) is 1.77. The van der Waals surface area contributed by atoms with Gasteiger partial charge in [0.1, 0.15) is 10.8 Å². The molecular weight excluding hydrogens is 187 g/mol. The van der Waals surface area contributed by atoms with E-state index in [0.29, 0.717) is 5.69 Å². The predicted octanol–water partition coefficient (Wildman–Crippen LogP) is 2.53. The molecular formula is C9H7FN2S. The van der Waals surface area contributed by atoms with E-state index in [-0.39, 0.29) is 5.82 Å². The van der Waals surface area contributed by atoms with Crippen LogP contribution in [0.25, 0.3) is 10.6 Å². The number of thiazole rings is 1.